The Labute approximate surface area is 112 Å². The van der Waals surface area contributed by atoms with Crippen molar-refractivity contribution in [3.05, 3.63) is 39.8 Å². The topological polar surface area (TPSA) is 48.1 Å². The standard InChI is InChI=1S/C14H18N2OS/c1-9(2)14-16-10(3)13(18-14)8-17-12-7-5-4-6-11(12)15/h4-7,9H,8,15H2,1-3H3. The van der Waals surface area contributed by atoms with E-state index in [1.54, 1.807) is 11.3 Å². The Balaban J connectivity index is 2.09. The third-order valence-electron chi connectivity index (χ3n) is 2.68. The minimum absolute atomic E-state index is 0.462. The van der Waals surface area contributed by atoms with E-state index in [1.165, 1.54) is 4.88 Å². The lowest BCUT2D eigenvalue weighted by molar-refractivity contribution is 0.310. The fraction of sp³-hybridized carbons (Fsp3) is 0.357. The number of nitrogen functional groups attached to an aromatic ring is 1. The first-order valence-corrected chi connectivity index (χ1v) is 6.83. The fourth-order valence-corrected chi connectivity index (χ4v) is 2.57. The van der Waals surface area contributed by atoms with Crippen LogP contribution in [0.2, 0.25) is 0 Å². The van der Waals surface area contributed by atoms with Crippen molar-refractivity contribution in [2.45, 2.75) is 33.3 Å². The molecule has 3 nitrogen and oxygen atoms in total. The third kappa shape index (κ3) is 2.82. The predicted molar refractivity (Wildman–Crippen MR) is 76.1 cm³/mol. The van der Waals surface area contributed by atoms with Crippen LogP contribution in [0, 0.1) is 6.92 Å². The van der Waals surface area contributed by atoms with E-state index in [9.17, 15) is 0 Å². The number of rotatable bonds is 4. The zero-order chi connectivity index (χ0) is 13.1. The SMILES string of the molecule is Cc1nc(C(C)C)sc1COc1ccccc1N. The highest BCUT2D eigenvalue weighted by Crippen LogP contribution is 2.27. The highest BCUT2D eigenvalue weighted by atomic mass is 32.1. The van der Waals surface area contributed by atoms with Crippen LogP contribution in [-0.4, -0.2) is 4.98 Å². The van der Waals surface area contributed by atoms with Crippen LogP contribution in [-0.2, 0) is 6.61 Å². The zero-order valence-electron chi connectivity index (χ0n) is 10.9. The van der Waals surface area contributed by atoms with Crippen molar-refractivity contribution in [3.8, 4) is 5.75 Å². The normalized spacial score (nSPS) is 10.9. The second kappa shape index (κ2) is 5.40. The number of nitrogens with two attached hydrogens (primary N) is 1. The van der Waals surface area contributed by atoms with Gasteiger partial charge in [0.2, 0.25) is 0 Å². The molecule has 0 atom stereocenters. The summed E-state index contributed by atoms with van der Waals surface area (Å²) in [6.45, 7) is 6.86. The molecule has 96 valence electrons. The van der Waals surface area contributed by atoms with Gasteiger partial charge in [-0.1, -0.05) is 26.0 Å². The molecule has 0 aliphatic heterocycles. The number of anilines is 1. The molecule has 0 unspecified atom stereocenters. The molecule has 1 aromatic carbocycles. The number of ether oxygens (including phenoxy) is 1. The second-order valence-electron chi connectivity index (χ2n) is 4.54. The number of hydrogen-bond donors (Lipinski definition) is 1. The number of aryl methyl sites for hydroxylation is 1. The average Bonchev–Trinajstić information content (AvgIpc) is 2.70. The maximum absolute atomic E-state index is 5.84. The lowest BCUT2D eigenvalue weighted by atomic mass is 10.2. The Hall–Kier alpha value is -1.55. The lowest BCUT2D eigenvalue weighted by Gasteiger charge is -2.07. The van der Waals surface area contributed by atoms with E-state index in [-0.39, 0.29) is 0 Å². The molecule has 0 spiro atoms. The molecule has 0 amide bonds. The number of benzene rings is 1. The van der Waals surface area contributed by atoms with Gasteiger partial charge in [0.15, 0.2) is 0 Å². The van der Waals surface area contributed by atoms with Crippen LogP contribution in [0.4, 0.5) is 5.69 Å². The number of aromatic nitrogens is 1. The quantitative estimate of drug-likeness (QED) is 0.854. The van der Waals surface area contributed by atoms with Crippen molar-refractivity contribution in [1.29, 1.82) is 0 Å². The van der Waals surface area contributed by atoms with Crippen molar-refractivity contribution in [3.63, 3.8) is 0 Å². The van der Waals surface area contributed by atoms with Gasteiger partial charge in [-0.05, 0) is 19.1 Å². The van der Waals surface area contributed by atoms with Crippen LogP contribution in [0.25, 0.3) is 0 Å². The highest BCUT2D eigenvalue weighted by molar-refractivity contribution is 7.11. The van der Waals surface area contributed by atoms with Gasteiger partial charge < -0.3 is 10.5 Å². The van der Waals surface area contributed by atoms with E-state index in [1.807, 2.05) is 31.2 Å². The van der Waals surface area contributed by atoms with E-state index in [4.69, 9.17) is 10.5 Å². The van der Waals surface area contributed by atoms with Crippen LogP contribution < -0.4 is 10.5 Å². The summed E-state index contributed by atoms with van der Waals surface area (Å²) in [5.74, 6) is 1.20. The Kier molecular flexibility index (Phi) is 3.87. The molecule has 0 saturated heterocycles. The molecule has 0 radical (unpaired) electrons. The molecule has 2 aromatic rings. The summed E-state index contributed by atoms with van der Waals surface area (Å²) >= 11 is 1.72. The third-order valence-corrected chi connectivity index (χ3v) is 4.11. The van der Waals surface area contributed by atoms with Gasteiger partial charge in [0.25, 0.3) is 0 Å². The van der Waals surface area contributed by atoms with E-state index < -0.39 is 0 Å². The van der Waals surface area contributed by atoms with Gasteiger partial charge in [0.1, 0.15) is 12.4 Å². The van der Waals surface area contributed by atoms with Crippen LogP contribution in [0.1, 0.15) is 35.3 Å². The van der Waals surface area contributed by atoms with Crippen molar-refractivity contribution < 1.29 is 4.74 Å². The number of nitrogens with zero attached hydrogens (tertiary/aromatic N) is 1. The summed E-state index contributed by atoms with van der Waals surface area (Å²) in [4.78, 5) is 5.72. The average molecular weight is 262 g/mol. The summed E-state index contributed by atoms with van der Waals surface area (Å²) in [7, 11) is 0. The van der Waals surface area contributed by atoms with Crippen molar-refractivity contribution >= 4 is 17.0 Å². The number of para-hydroxylation sites is 2. The maximum Gasteiger partial charge on any atom is 0.142 e. The van der Waals surface area contributed by atoms with E-state index in [0.29, 0.717) is 18.2 Å². The maximum atomic E-state index is 5.84. The molecule has 0 fully saturated rings. The molecule has 18 heavy (non-hydrogen) atoms. The summed E-state index contributed by atoms with van der Waals surface area (Å²) < 4.78 is 5.74. The first kappa shape index (κ1) is 12.9. The van der Waals surface area contributed by atoms with Crippen LogP contribution in [0.5, 0.6) is 5.75 Å². The van der Waals surface area contributed by atoms with E-state index in [2.05, 4.69) is 18.8 Å². The summed E-state index contributed by atoms with van der Waals surface area (Å²) in [6.07, 6.45) is 0. The van der Waals surface area contributed by atoms with Gasteiger partial charge >= 0.3 is 0 Å². The number of hydrogen-bond acceptors (Lipinski definition) is 4. The Morgan fingerprint density at radius 1 is 1.33 bits per heavy atom. The fourth-order valence-electron chi connectivity index (χ4n) is 1.59. The van der Waals surface area contributed by atoms with Gasteiger partial charge in [0, 0.05) is 5.92 Å². The minimum atomic E-state index is 0.462. The predicted octanol–water partition coefficient (Wildman–Crippen LogP) is 3.74. The smallest absolute Gasteiger partial charge is 0.142 e. The van der Waals surface area contributed by atoms with Crippen LogP contribution in [0.15, 0.2) is 24.3 Å². The van der Waals surface area contributed by atoms with Gasteiger partial charge in [-0.2, -0.15) is 0 Å². The Bertz CT molecular complexity index is 534. The van der Waals surface area contributed by atoms with Crippen LogP contribution >= 0.6 is 11.3 Å². The van der Waals surface area contributed by atoms with E-state index >= 15 is 0 Å². The Morgan fingerprint density at radius 3 is 2.67 bits per heavy atom. The molecular weight excluding hydrogens is 244 g/mol. The molecule has 2 rings (SSSR count). The van der Waals surface area contributed by atoms with Gasteiger partial charge in [-0.25, -0.2) is 4.98 Å². The highest BCUT2D eigenvalue weighted by Gasteiger charge is 2.11. The largest absolute Gasteiger partial charge is 0.486 e. The molecule has 2 N–H and O–H groups in total. The summed E-state index contributed by atoms with van der Waals surface area (Å²) in [5, 5.41) is 1.16. The molecule has 0 bridgehead atoms. The molecule has 0 aliphatic rings. The summed E-state index contributed by atoms with van der Waals surface area (Å²) in [5.41, 5.74) is 7.56. The van der Waals surface area contributed by atoms with Gasteiger partial charge in [-0.3, -0.25) is 0 Å². The zero-order valence-corrected chi connectivity index (χ0v) is 11.8. The first-order chi connectivity index (χ1) is 8.58. The second-order valence-corrected chi connectivity index (χ2v) is 5.66. The van der Waals surface area contributed by atoms with Gasteiger partial charge in [-0.15, -0.1) is 11.3 Å². The molecule has 1 heterocycles. The van der Waals surface area contributed by atoms with Crippen molar-refractivity contribution in [2.75, 3.05) is 5.73 Å². The van der Waals surface area contributed by atoms with Crippen molar-refractivity contribution in [1.82, 2.24) is 4.98 Å². The number of thiazole rings is 1. The molecule has 0 saturated carbocycles. The first-order valence-electron chi connectivity index (χ1n) is 6.01. The summed E-state index contributed by atoms with van der Waals surface area (Å²) in [6, 6.07) is 7.55. The lowest BCUT2D eigenvalue weighted by Crippen LogP contribution is -1.98. The molecule has 0 aliphatic carbocycles. The molecule has 4 heteroatoms. The monoisotopic (exact) mass is 262 g/mol. The van der Waals surface area contributed by atoms with Crippen molar-refractivity contribution in [2.24, 2.45) is 0 Å². The van der Waals surface area contributed by atoms with Gasteiger partial charge in [0.05, 0.1) is 21.3 Å². The van der Waals surface area contributed by atoms with E-state index in [0.717, 1.165) is 16.5 Å². The minimum Gasteiger partial charge on any atom is -0.486 e. The van der Waals surface area contributed by atoms with Crippen LogP contribution in [0.3, 0.4) is 0 Å². The Morgan fingerprint density at radius 2 is 2.06 bits per heavy atom. The molecule has 1 aromatic heterocycles. The molecular formula is C14H18N2OS.